The number of benzene rings is 1. The van der Waals surface area contributed by atoms with Gasteiger partial charge in [-0.05, 0) is 23.8 Å². The Balaban J connectivity index is 2.08. The predicted molar refractivity (Wildman–Crippen MR) is 59.4 cm³/mol. The zero-order chi connectivity index (χ0) is 11.4. The van der Waals surface area contributed by atoms with E-state index in [4.69, 9.17) is 14.2 Å². The average Bonchev–Trinajstić information content (AvgIpc) is 2.81. The topological polar surface area (TPSA) is 47.9 Å². The molecule has 1 fully saturated rings. The van der Waals surface area contributed by atoms with Crippen LogP contribution in [0.2, 0.25) is 0 Å². The zero-order valence-corrected chi connectivity index (χ0v) is 9.05. The van der Waals surface area contributed by atoms with Crippen molar-refractivity contribution < 1.29 is 19.3 Å². The molecular formula is C12H14O4. The lowest BCUT2D eigenvalue weighted by Gasteiger charge is -2.05. The summed E-state index contributed by atoms with van der Waals surface area (Å²) < 4.78 is 15.5. The zero-order valence-electron chi connectivity index (χ0n) is 9.05. The second-order valence-corrected chi connectivity index (χ2v) is 3.40. The maximum atomic E-state index is 9.42. The minimum atomic E-state index is -0.264. The molecule has 1 aliphatic heterocycles. The van der Waals surface area contributed by atoms with Crippen LogP contribution in [0.5, 0.6) is 11.5 Å². The van der Waals surface area contributed by atoms with Gasteiger partial charge in [-0.25, -0.2) is 0 Å². The fourth-order valence-corrected chi connectivity index (χ4v) is 1.48. The highest BCUT2D eigenvalue weighted by Gasteiger charge is 2.11. The van der Waals surface area contributed by atoms with Crippen LogP contribution in [-0.4, -0.2) is 31.7 Å². The molecule has 1 heterocycles. The van der Waals surface area contributed by atoms with Crippen LogP contribution in [0.15, 0.2) is 24.3 Å². The van der Waals surface area contributed by atoms with Gasteiger partial charge in [0.05, 0.1) is 20.3 Å². The van der Waals surface area contributed by atoms with Crippen molar-refractivity contribution in [1.29, 1.82) is 0 Å². The van der Waals surface area contributed by atoms with Crippen LogP contribution in [0.4, 0.5) is 0 Å². The van der Waals surface area contributed by atoms with Crippen LogP contribution >= 0.6 is 0 Å². The van der Waals surface area contributed by atoms with E-state index < -0.39 is 0 Å². The molecule has 0 radical (unpaired) electrons. The summed E-state index contributed by atoms with van der Waals surface area (Å²) >= 11 is 0. The number of hydrogen-bond donors (Lipinski definition) is 1. The van der Waals surface area contributed by atoms with Gasteiger partial charge in [0.1, 0.15) is 0 Å². The molecule has 86 valence electrons. The second kappa shape index (κ2) is 5.01. The van der Waals surface area contributed by atoms with E-state index in [0.29, 0.717) is 19.0 Å². The Morgan fingerprint density at radius 2 is 2.12 bits per heavy atom. The molecule has 0 aliphatic carbocycles. The van der Waals surface area contributed by atoms with Gasteiger partial charge in [0.25, 0.3) is 0 Å². The number of hydrogen-bond acceptors (Lipinski definition) is 4. The lowest BCUT2D eigenvalue weighted by atomic mass is 10.2. The molecule has 0 unspecified atom stereocenters. The summed E-state index contributed by atoms with van der Waals surface area (Å²) in [5.41, 5.74) is 0.925. The minimum Gasteiger partial charge on any atom is -0.504 e. The van der Waals surface area contributed by atoms with Crippen molar-refractivity contribution in [2.24, 2.45) is 0 Å². The summed E-state index contributed by atoms with van der Waals surface area (Å²) in [6.45, 7) is 1.27. The standard InChI is InChI=1S/C12H14O4/c1-14-11-8-9(2-4-10(11)13)3-5-12-15-6-7-16-12/h2-5,8,12-13H,6-7H2,1H3. The smallest absolute Gasteiger partial charge is 0.177 e. The highest BCUT2D eigenvalue weighted by molar-refractivity contribution is 5.55. The van der Waals surface area contributed by atoms with Crippen molar-refractivity contribution in [3.05, 3.63) is 29.8 Å². The number of rotatable bonds is 3. The highest BCUT2D eigenvalue weighted by atomic mass is 16.7. The third-order valence-electron chi connectivity index (χ3n) is 2.30. The van der Waals surface area contributed by atoms with E-state index in [9.17, 15) is 5.11 Å². The average molecular weight is 222 g/mol. The van der Waals surface area contributed by atoms with Gasteiger partial charge in [-0.15, -0.1) is 0 Å². The van der Waals surface area contributed by atoms with Gasteiger partial charge >= 0.3 is 0 Å². The summed E-state index contributed by atoms with van der Waals surface area (Å²) in [4.78, 5) is 0. The van der Waals surface area contributed by atoms with Gasteiger partial charge in [0.15, 0.2) is 17.8 Å². The van der Waals surface area contributed by atoms with Gasteiger partial charge in [-0.3, -0.25) is 0 Å². The first-order valence-corrected chi connectivity index (χ1v) is 5.08. The van der Waals surface area contributed by atoms with Crippen LogP contribution in [0.3, 0.4) is 0 Å². The number of aromatic hydroxyl groups is 1. The van der Waals surface area contributed by atoms with E-state index in [2.05, 4.69) is 0 Å². The van der Waals surface area contributed by atoms with E-state index in [1.165, 1.54) is 7.11 Å². The molecule has 16 heavy (non-hydrogen) atoms. The lowest BCUT2D eigenvalue weighted by Crippen LogP contribution is -2.01. The number of phenolic OH excluding ortho intramolecular Hbond substituents is 1. The third-order valence-corrected chi connectivity index (χ3v) is 2.30. The van der Waals surface area contributed by atoms with Gasteiger partial charge in [-0.1, -0.05) is 12.1 Å². The van der Waals surface area contributed by atoms with Crippen LogP contribution < -0.4 is 4.74 Å². The Kier molecular flexibility index (Phi) is 3.44. The summed E-state index contributed by atoms with van der Waals surface area (Å²) in [5, 5.41) is 9.42. The lowest BCUT2D eigenvalue weighted by molar-refractivity contribution is -0.000908. The molecule has 1 aliphatic rings. The summed E-state index contributed by atoms with van der Waals surface area (Å²) in [6.07, 6.45) is 3.44. The molecule has 1 aromatic rings. The molecule has 1 saturated heterocycles. The maximum absolute atomic E-state index is 9.42. The summed E-state index contributed by atoms with van der Waals surface area (Å²) in [6, 6.07) is 5.14. The number of phenols is 1. The SMILES string of the molecule is COc1cc(C=CC2OCCO2)ccc1O. The molecule has 1 aromatic carbocycles. The molecule has 0 saturated carbocycles. The van der Waals surface area contributed by atoms with Crippen LogP contribution in [0, 0.1) is 0 Å². The molecule has 1 N–H and O–H groups in total. The van der Waals surface area contributed by atoms with Gasteiger partial charge in [0, 0.05) is 0 Å². The van der Waals surface area contributed by atoms with Crippen molar-refractivity contribution in [3.63, 3.8) is 0 Å². The van der Waals surface area contributed by atoms with Crippen LogP contribution in [0.25, 0.3) is 6.08 Å². The molecule has 0 bridgehead atoms. The van der Waals surface area contributed by atoms with Crippen molar-refractivity contribution in [2.45, 2.75) is 6.29 Å². The minimum absolute atomic E-state index is 0.132. The molecule has 0 aromatic heterocycles. The monoisotopic (exact) mass is 222 g/mol. The van der Waals surface area contributed by atoms with Crippen molar-refractivity contribution in [2.75, 3.05) is 20.3 Å². The molecule has 0 spiro atoms. The fourth-order valence-electron chi connectivity index (χ4n) is 1.48. The first kappa shape index (κ1) is 11.0. The van der Waals surface area contributed by atoms with Gasteiger partial charge in [0.2, 0.25) is 0 Å². The largest absolute Gasteiger partial charge is 0.504 e. The molecule has 0 atom stereocenters. The maximum Gasteiger partial charge on any atom is 0.177 e. The second-order valence-electron chi connectivity index (χ2n) is 3.40. The third kappa shape index (κ3) is 2.53. The van der Waals surface area contributed by atoms with Gasteiger partial charge in [-0.2, -0.15) is 0 Å². The quantitative estimate of drug-likeness (QED) is 0.847. The molecule has 4 heteroatoms. The Labute approximate surface area is 94.1 Å². The number of ether oxygens (including phenoxy) is 3. The van der Waals surface area contributed by atoms with E-state index >= 15 is 0 Å². The first-order chi connectivity index (χ1) is 7.79. The predicted octanol–water partition coefficient (Wildman–Crippen LogP) is 1.79. The van der Waals surface area contributed by atoms with E-state index in [1.807, 2.05) is 12.2 Å². The van der Waals surface area contributed by atoms with Crippen molar-refractivity contribution >= 4 is 6.08 Å². The number of methoxy groups -OCH3 is 1. The molecule has 0 amide bonds. The Morgan fingerprint density at radius 1 is 1.38 bits per heavy atom. The summed E-state index contributed by atoms with van der Waals surface area (Å²) in [7, 11) is 1.52. The van der Waals surface area contributed by atoms with E-state index in [0.717, 1.165) is 5.56 Å². The van der Waals surface area contributed by atoms with Gasteiger partial charge < -0.3 is 19.3 Å². The molecular weight excluding hydrogens is 208 g/mol. The van der Waals surface area contributed by atoms with Crippen LogP contribution in [-0.2, 0) is 9.47 Å². The Morgan fingerprint density at radius 3 is 2.81 bits per heavy atom. The summed E-state index contributed by atoms with van der Waals surface area (Å²) in [5.74, 6) is 0.587. The van der Waals surface area contributed by atoms with Crippen molar-refractivity contribution in [3.8, 4) is 11.5 Å². The Bertz CT molecular complexity index is 381. The Hall–Kier alpha value is -1.52. The highest BCUT2D eigenvalue weighted by Crippen LogP contribution is 2.26. The normalized spacial score (nSPS) is 17.1. The molecule has 4 nitrogen and oxygen atoms in total. The van der Waals surface area contributed by atoms with Crippen molar-refractivity contribution in [1.82, 2.24) is 0 Å². The fraction of sp³-hybridized carbons (Fsp3) is 0.333. The molecule has 2 rings (SSSR count). The van der Waals surface area contributed by atoms with Crippen LogP contribution in [0.1, 0.15) is 5.56 Å². The van der Waals surface area contributed by atoms with E-state index in [1.54, 1.807) is 18.2 Å². The first-order valence-electron chi connectivity index (χ1n) is 5.08. The van der Waals surface area contributed by atoms with E-state index in [-0.39, 0.29) is 12.0 Å².